The Bertz CT molecular complexity index is 900. The number of amides is 1. The molecule has 0 radical (unpaired) electrons. The van der Waals surface area contributed by atoms with Crippen LogP contribution in [0.1, 0.15) is 38.7 Å². The molecule has 2 fully saturated rings. The Morgan fingerprint density at radius 1 is 1.19 bits per heavy atom. The summed E-state index contributed by atoms with van der Waals surface area (Å²) in [6.45, 7) is 7.00. The number of likely N-dealkylation sites (tertiary alicyclic amines) is 1. The van der Waals surface area contributed by atoms with Gasteiger partial charge < -0.3 is 9.64 Å². The van der Waals surface area contributed by atoms with E-state index in [1.54, 1.807) is 4.90 Å². The fraction of sp³-hybridized carbons (Fsp3) is 0.455. The Labute approximate surface area is 154 Å². The van der Waals surface area contributed by atoms with Crippen LogP contribution < -0.4 is 0 Å². The number of hydrogen-bond donors (Lipinski definition) is 0. The molecule has 4 heteroatoms. The van der Waals surface area contributed by atoms with Crippen molar-refractivity contribution in [1.82, 2.24) is 4.90 Å². The summed E-state index contributed by atoms with van der Waals surface area (Å²) >= 11 is 0. The Morgan fingerprint density at radius 3 is 2.54 bits per heavy atom. The first-order valence-corrected chi connectivity index (χ1v) is 9.18. The van der Waals surface area contributed by atoms with Crippen LogP contribution in [0.2, 0.25) is 0 Å². The number of hydrogen-bond acceptors (Lipinski definition) is 3. The summed E-state index contributed by atoms with van der Waals surface area (Å²) in [7, 11) is 0. The SMILES string of the molecule is CC(C)(C)OC(=O)N1CC2(CC(C#N)C2c2ccc3ccccc3c2)C1. The second-order valence-corrected chi connectivity index (χ2v) is 8.72. The van der Waals surface area contributed by atoms with Crippen molar-refractivity contribution in [1.29, 1.82) is 5.26 Å². The van der Waals surface area contributed by atoms with Crippen LogP contribution in [0, 0.1) is 22.7 Å². The standard InChI is InChI=1S/C22H24N2O2/c1-21(2,3)26-20(25)24-13-22(14-24)11-18(12-23)19(22)17-9-8-15-6-4-5-7-16(15)10-17/h4-10,18-19H,11,13-14H2,1-3H3. The Morgan fingerprint density at radius 2 is 1.88 bits per heavy atom. The van der Waals surface area contributed by atoms with Crippen LogP contribution in [0.4, 0.5) is 4.79 Å². The molecule has 134 valence electrons. The predicted molar refractivity (Wildman–Crippen MR) is 101 cm³/mol. The van der Waals surface area contributed by atoms with Gasteiger partial charge in [-0.1, -0.05) is 42.5 Å². The van der Waals surface area contributed by atoms with E-state index in [2.05, 4.69) is 36.4 Å². The number of carbonyl (C=O) groups is 1. The number of ether oxygens (including phenoxy) is 1. The molecule has 2 unspecified atom stereocenters. The summed E-state index contributed by atoms with van der Waals surface area (Å²) in [5.41, 5.74) is 0.761. The number of nitrogens with zero attached hydrogens (tertiary/aromatic N) is 2. The van der Waals surface area contributed by atoms with Crippen molar-refractivity contribution in [2.24, 2.45) is 11.3 Å². The molecular weight excluding hydrogens is 324 g/mol. The second kappa shape index (κ2) is 5.74. The predicted octanol–water partition coefficient (Wildman–Crippen LogP) is 4.70. The van der Waals surface area contributed by atoms with Crippen molar-refractivity contribution in [2.45, 2.75) is 38.7 Å². The van der Waals surface area contributed by atoms with Crippen molar-refractivity contribution in [3.05, 3.63) is 48.0 Å². The number of nitriles is 1. The molecular formula is C22H24N2O2. The van der Waals surface area contributed by atoms with Crippen LogP contribution in [-0.4, -0.2) is 29.7 Å². The van der Waals surface area contributed by atoms with Gasteiger partial charge in [0.05, 0.1) is 12.0 Å². The third-order valence-corrected chi connectivity index (χ3v) is 5.65. The highest BCUT2D eigenvalue weighted by atomic mass is 16.6. The zero-order valence-electron chi connectivity index (χ0n) is 15.5. The van der Waals surface area contributed by atoms with Crippen LogP contribution >= 0.6 is 0 Å². The Balaban J connectivity index is 1.55. The van der Waals surface area contributed by atoms with Gasteiger partial charge in [-0.2, -0.15) is 5.26 Å². The number of benzene rings is 2. The molecule has 26 heavy (non-hydrogen) atoms. The van der Waals surface area contributed by atoms with Gasteiger partial charge in [-0.25, -0.2) is 4.79 Å². The molecule has 1 saturated heterocycles. The maximum Gasteiger partial charge on any atom is 0.410 e. The highest BCUT2D eigenvalue weighted by Gasteiger charge is 2.62. The molecule has 1 aliphatic carbocycles. The van der Waals surface area contributed by atoms with Crippen LogP contribution in [0.3, 0.4) is 0 Å². The maximum atomic E-state index is 12.3. The first kappa shape index (κ1) is 16.9. The lowest BCUT2D eigenvalue weighted by atomic mass is 9.48. The van der Waals surface area contributed by atoms with Crippen molar-refractivity contribution < 1.29 is 9.53 Å². The van der Waals surface area contributed by atoms with Crippen LogP contribution in [0.15, 0.2) is 42.5 Å². The second-order valence-electron chi connectivity index (χ2n) is 8.72. The average Bonchev–Trinajstić information content (AvgIpc) is 2.51. The lowest BCUT2D eigenvalue weighted by Gasteiger charge is -2.62. The molecule has 1 saturated carbocycles. The normalized spacial score (nSPS) is 23.8. The largest absolute Gasteiger partial charge is 0.444 e. The van der Waals surface area contributed by atoms with Crippen molar-refractivity contribution in [3.63, 3.8) is 0 Å². The smallest absolute Gasteiger partial charge is 0.410 e. The number of carbonyl (C=O) groups excluding carboxylic acids is 1. The third kappa shape index (κ3) is 2.72. The van der Waals surface area contributed by atoms with Gasteiger partial charge in [0.2, 0.25) is 0 Å². The summed E-state index contributed by atoms with van der Waals surface area (Å²) in [5, 5.41) is 12.0. The zero-order valence-corrected chi connectivity index (χ0v) is 15.5. The van der Waals surface area contributed by atoms with Crippen molar-refractivity contribution in [2.75, 3.05) is 13.1 Å². The maximum absolute atomic E-state index is 12.3. The third-order valence-electron chi connectivity index (χ3n) is 5.65. The van der Waals surface area contributed by atoms with E-state index in [0.29, 0.717) is 13.1 Å². The molecule has 2 atom stereocenters. The van der Waals surface area contributed by atoms with Gasteiger partial charge in [0.25, 0.3) is 0 Å². The van der Waals surface area contributed by atoms with Gasteiger partial charge in [-0.3, -0.25) is 0 Å². The highest BCUT2D eigenvalue weighted by molar-refractivity contribution is 5.83. The Kier molecular flexibility index (Phi) is 3.73. The summed E-state index contributed by atoms with van der Waals surface area (Å²) in [6, 6.07) is 17.2. The molecule has 1 heterocycles. The lowest BCUT2D eigenvalue weighted by molar-refractivity contribution is -0.102. The van der Waals surface area contributed by atoms with E-state index in [0.717, 1.165) is 6.42 Å². The minimum Gasteiger partial charge on any atom is -0.444 e. The first-order valence-electron chi connectivity index (χ1n) is 9.18. The average molecular weight is 348 g/mol. The minimum atomic E-state index is -0.480. The molecule has 1 amide bonds. The van der Waals surface area contributed by atoms with Crippen molar-refractivity contribution >= 4 is 16.9 Å². The topological polar surface area (TPSA) is 53.3 Å². The summed E-state index contributed by atoms with van der Waals surface area (Å²) in [6.07, 6.45) is 0.612. The van der Waals surface area contributed by atoms with E-state index in [4.69, 9.17) is 4.74 Å². The van der Waals surface area contributed by atoms with Gasteiger partial charge in [0.15, 0.2) is 0 Å². The molecule has 1 spiro atoms. The Hall–Kier alpha value is -2.54. The molecule has 4 rings (SSSR count). The fourth-order valence-electron chi connectivity index (χ4n) is 4.55. The van der Waals surface area contributed by atoms with E-state index in [1.165, 1.54) is 16.3 Å². The van der Waals surface area contributed by atoms with Gasteiger partial charge in [-0.15, -0.1) is 0 Å². The highest BCUT2D eigenvalue weighted by Crippen LogP contribution is 2.61. The fourth-order valence-corrected chi connectivity index (χ4v) is 4.55. The van der Waals surface area contributed by atoms with Gasteiger partial charge in [0.1, 0.15) is 5.60 Å². The summed E-state index contributed by atoms with van der Waals surface area (Å²) < 4.78 is 5.48. The molecule has 0 bridgehead atoms. The van der Waals surface area contributed by atoms with Crippen LogP contribution in [0.25, 0.3) is 10.8 Å². The van der Waals surface area contributed by atoms with E-state index in [9.17, 15) is 10.1 Å². The molecule has 2 aliphatic rings. The van der Waals surface area contributed by atoms with E-state index < -0.39 is 5.60 Å². The number of fused-ring (bicyclic) bond motifs is 1. The monoisotopic (exact) mass is 348 g/mol. The molecule has 4 nitrogen and oxygen atoms in total. The van der Waals surface area contributed by atoms with Crippen LogP contribution in [0.5, 0.6) is 0 Å². The molecule has 2 aromatic carbocycles. The quantitative estimate of drug-likeness (QED) is 0.750. The molecule has 0 aromatic heterocycles. The van der Waals surface area contributed by atoms with Gasteiger partial charge in [0, 0.05) is 24.4 Å². The first-order chi connectivity index (χ1) is 12.3. The number of rotatable bonds is 1. The van der Waals surface area contributed by atoms with Crippen LogP contribution in [-0.2, 0) is 4.74 Å². The minimum absolute atomic E-state index is 0.0250. The lowest BCUT2D eigenvalue weighted by Crippen LogP contribution is -2.67. The van der Waals surface area contributed by atoms with Crippen molar-refractivity contribution in [3.8, 4) is 6.07 Å². The van der Waals surface area contributed by atoms with Gasteiger partial charge in [-0.05, 0) is 43.5 Å². The summed E-state index contributed by atoms with van der Waals surface area (Å²) in [4.78, 5) is 14.0. The zero-order chi connectivity index (χ0) is 18.5. The van der Waals surface area contributed by atoms with E-state index in [-0.39, 0.29) is 23.3 Å². The van der Waals surface area contributed by atoms with E-state index >= 15 is 0 Å². The molecule has 2 aromatic rings. The van der Waals surface area contributed by atoms with Gasteiger partial charge >= 0.3 is 6.09 Å². The molecule has 1 aliphatic heterocycles. The summed E-state index contributed by atoms with van der Waals surface area (Å²) in [5.74, 6) is 0.216. The molecule has 0 N–H and O–H groups in total. The van der Waals surface area contributed by atoms with E-state index in [1.807, 2.05) is 32.9 Å².